The van der Waals surface area contributed by atoms with Gasteiger partial charge in [0.05, 0.1) is 0 Å². The Morgan fingerprint density at radius 1 is 1.40 bits per heavy atom. The summed E-state index contributed by atoms with van der Waals surface area (Å²) in [6.07, 6.45) is 0. The number of nitrogens with zero attached hydrogens (tertiary/aromatic N) is 1. The average Bonchev–Trinajstić information content (AvgIpc) is 2.65. The van der Waals surface area contributed by atoms with E-state index in [1.54, 1.807) is 0 Å². The molecule has 1 heterocycles. The summed E-state index contributed by atoms with van der Waals surface area (Å²) in [6, 6.07) is 7.94. The van der Waals surface area contributed by atoms with Crippen LogP contribution in [0.15, 0.2) is 29.3 Å². The van der Waals surface area contributed by atoms with Crippen LogP contribution < -0.4 is 0 Å². The van der Waals surface area contributed by atoms with Crippen molar-refractivity contribution < 1.29 is 9.53 Å². The van der Waals surface area contributed by atoms with Gasteiger partial charge in [-0.1, -0.05) is 26.0 Å². The fourth-order valence-electron chi connectivity index (χ4n) is 1.49. The number of benzene rings is 1. The van der Waals surface area contributed by atoms with Gasteiger partial charge in [-0.2, -0.15) is 0 Å². The third-order valence-electron chi connectivity index (χ3n) is 2.36. The van der Waals surface area contributed by atoms with E-state index in [-0.39, 0.29) is 12.5 Å². The monoisotopic (exact) mass is 203 g/mol. The Bertz CT molecular complexity index is 421. The molecule has 0 aromatic heterocycles. The fourth-order valence-corrected chi connectivity index (χ4v) is 1.49. The van der Waals surface area contributed by atoms with E-state index < -0.39 is 0 Å². The molecule has 1 aliphatic rings. The zero-order valence-corrected chi connectivity index (χ0v) is 8.86. The van der Waals surface area contributed by atoms with E-state index in [1.807, 2.05) is 18.2 Å². The number of rotatable bonds is 2. The molecule has 1 aliphatic heterocycles. The minimum atomic E-state index is -0.278. The number of esters is 1. The van der Waals surface area contributed by atoms with Gasteiger partial charge in [-0.15, -0.1) is 0 Å². The van der Waals surface area contributed by atoms with E-state index in [4.69, 9.17) is 4.74 Å². The van der Waals surface area contributed by atoms with E-state index >= 15 is 0 Å². The summed E-state index contributed by atoms with van der Waals surface area (Å²) in [6.45, 7) is 4.39. The summed E-state index contributed by atoms with van der Waals surface area (Å²) in [7, 11) is 0. The first kappa shape index (κ1) is 9.90. The van der Waals surface area contributed by atoms with Crippen molar-refractivity contribution in [2.45, 2.75) is 19.8 Å². The lowest BCUT2D eigenvalue weighted by atomic mass is 10.0. The lowest BCUT2D eigenvalue weighted by Gasteiger charge is -2.07. The molecule has 2 rings (SSSR count). The van der Waals surface area contributed by atoms with Crippen molar-refractivity contribution in [1.82, 2.24) is 0 Å². The highest BCUT2D eigenvalue weighted by molar-refractivity contribution is 6.04. The normalized spacial score (nSPS) is 15.4. The average molecular weight is 203 g/mol. The number of aliphatic imine (C=N–C) groups is 1. The van der Waals surface area contributed by atoms with Crippen LogP contribution in [-0.4, -0.2) is 18.4 Å². The second-order valence-electron chi connectivity index (χ2n) is 3.88. The van der Waals surface area contributed by atoms with Crippen LogP contribution >= 0.6 is 0 Å². The van der Waals surface area contributed by atoms with E-state index in [0.717, 1.165) is 5.56 Å². The summed E-state index contributed by atoms with van der Waals surface area (Å²) >= 11 is 0. The van der Waals surface area contributed by atoms with Gasteiger partial charge in [0.1, 0.15) is 6.54 Å². The lowest BCUT2D eigenvalue weighted by Crippen LogP contribution is -2.06. The van der Waals surface area contributed by atoms with Crippen molar-refractivity contribution in [3.8, 4) is 0 Å². The molecule has 3 heteroatoms. The molecular formula is C12H13NO2. The summed E-state index contributed by atoms with van der Waals surface area (Å²) in [5, 5.41) is 0. The lowest BCUT2D eigenvalue weighted by molar-refractivity contribution is -0.132. The summed E-state index contributed by atoms with van der Waals surface area (Å²) in [4.78, 5) is 14.9. The van der Waals surface area contributed by atoms with Crippen molar-refractivity contribution >= 4 is 11.9 Å². The van der Waals surface area contributed by atoms with Gasteiger partial charge in [0.25, 0.3) is 0 Å². The first-order chi connectivity index (χ1) is 7.16. The van der Waals surface area contributed by atoms with Gasteiger partial charge >= 0.3 is 5.97 Å². The number of carbonyl (C=O) groups is 1. The smallest absolute Gasteiger partial charge is 0.334 e. The van der Waals surface area contributed by atoms with Crippen LogP contribution in [0, 0.1) is 0 Å². The van der Waals surface area contributed by atoms with Gasteiger partial charge in [-0.25, -0.2) is 9.79 Å². The molecule has 0 saturated carbocycles. The number of cyclic esters (lactones) is 1. The Hall–Kier alpha value is -1.64. The molecule has 1 aromatic rings. The molecule has 0 aliphatic carbocycles. The van der Waals surface area contributed by atoms with Crippen molar-refractivity contribution in [3.05, 3.63) is 35.4 Å². The molecule has 0 fully saturated rings. The van der Waals surface area contributed by atoms with Gasteiger partial charge in [-0.3, -0.25) is 0 Å². The first-order valence-corrected chi connectivity index (χ1v) is 5.02. The quantitative estimate of drug-likeness (QED) is 0.690. The predicted molar refractivity (Wildman–Crippen MR) is 58.0 cm³/mol. The maximum atomic E-state index is 10.9. The van der Waals surface area contributed by atoms with Crippen LogP contribution in [0.4, 0.5) is 0 Å². The Labute approximate surface area is 88.8 Å². The van der Waals surface area contributed by atoms with Gasteiger partial charge in [0.15, 0.2) is 0 Å². The number of carbonyl (C=O) groups excluding carboxylic acids is 1. The molecule has 1 aromatic carbocycles. The molecular weight excluding hydrogens is 190 g/mol. The highest BCUT2D eigenvalue weighted by atomic mass is 16.6. The SMILES string of the molecule is CC(C)c1cccc(C2=NCC(=O)O2)c1. The minimum absolute atomic E-state index is 0.140. The molecule has 0 unspecified atom stereocenters. The second kappa shape index (κ2) is 3.85. The van der Waals surface area contributed by atoms with E-state index in [0.29, 0.717) is 11.8 Å². The molecule has 0 saturated heterocycles. The van der Waals surface area contributed by atoms with Gasteiger partial charge in [0.2, 0.25) is 5.90 Å². The molecule has 78 valence electrons. The highest BCUT2D eigenvalue weighted by Crippen LogP contribution is 2.17. The molecule has 0 bridgehead atoms. The van der Waals surface area contributed by atoms with Crippen molar-refractivity contribution in [2.24, 2.45) is 4.99 Å². The Morgan fingerprint density at radius 2 is 2.20 bits per heavy atom. The van der Waals surface area contributed by atoms with Gasteiger partial charge in [-0.05, 0) is 23.6 Å². The van der Waals surface area contributed by atoms with E-state index in [1.165, 1.54) is 5.56 Å². The third-order valence-corrected chi connectivity index (χ3v) is 2.36. The topological polar surface area (TPSA) is 38.7 Å². The molecule has 0 spiro atoms. The molecule has 0 radical (unpaired) electrons. The Morgan fingerprint density at radius 3 is 2.80 bits per heavy atom. The first-order valence-electron chi connectivity index (χ1n) is 5.02. The van der Waals surface area contributed by atoms with Crippen molar-refractivity contribution in [1.29, 1.82) is 0 Å². The summed E-state index contributed by atoms with van der Waals surface area (Å²) in [5.41, 5.74) is 2.10. The number of ether oxygens (including phenoxy) is 1. The predicted octanol–water partition coefficient (Wildman–Crippen LogP) is 2.11. The van der Waals surface area contributed by atoms with Crippen molar-refractivity contribution in [3.63, 3.8) is 0 Å². The summed E-state index contributed by atoms with van der Waals surface area (Å²) in [5.74, 6) is 0.630. The van der Waals surface area contributed by atoms with E-state index in [9.17, 15) is 4.79 Å². The van der Waals surface area contributed by atoms with Crippen molar-refractivity contribution in [2.75, 3.05) is 6.54 Å². The zero-order valence-electron chi connectivity index (χ0n) is 8.86. The van der Waals surface area contributed by atoms with Crippen LogP contribution in [0.2, 0.25) is 0 Å². The molecule has 0 amide bonds. The van der Waals surface area contributed by atoms with Crippen LogP contribution in [0.1, 0.15) is 30.9 Å². The molecule has 3 nitrogen and oxygen atoms in total. The summed E-state index contributed by atoms with van der Waals surface area (Å²) < 4.78 is 4.99. The van der Waals surface area contributed by atoms with Crippen LogP contribution in [0.3, 0.4) is 0 Å². The maximum Gasteiger partial charge on any atom is 0.334 e. The number of hydrogen-bond acceptors (Lipinski definition) is 3. The van der Waals surface area contributed by atoms with Gasteiger partial charge in [0, 0.05) is 5.56 Å². The van der Waals surface area contributed by atoms with E-state index in [2.05, 4.69) is 24.9 Å². The largest absolute Gasteiger partial charge is 0.406 e. The maximum absolute atomic E-state index is 10.9. The number of hydrogen-bond donors (Lipinski definition) is 0. The third kappa shape index (κ3) is 2.06. The molecule has 0 atom stereocenters. The standard InChI is InChI=1S/C12H13NO2/c1-8(2)9-4-3-5-10(6-9)12-13-7-11(14)15-12/h3-6,8H,7H2,1-2H3. The minimum Gasteiger partial charge on any atom is -0.406 e. The zero-order chi connectivity index (χ0) is 10.8. The molecule has 0 N–H and O–H groups in total. The second-order valence-corrected chi connectivity index (χ2v) is 3.88. The van der Waals surface area contributed by atoms with Crippen LogP contribution in [0.5, 0.6) is 0 Å². The fraction of sp³-hybridized carbons (Fsp3) is 0.333. The van der Waals surface area contributed by atoms with Gasteiger partial charge < -0.3 is 4.74 Å². The Kier molecular flexibility index (Phi) is 2.54. The highest BCUT2D eigenvalue weighted by Gasteiger charge is 2.18. The Balaban J connectivity index is 2.29. The van der Waals surface area contributed by atoms with Crippen LogP contribution in [0.25, 0.3) is 0 Å². The van der Waals surface area contributed by atoms with Crippen LogP contribution in [-0.2, 0) is 9.53 Å². The molecule has 15 heavy (non-hydrogen) atoms.